The number of hydrogen-bond acceptors (Lipinski definition) is 3. The van der Waals surface area contributed by atoms with Gasteiger partial charge in [0.05, 0.1) is 12.6 Å². The molecular formula is C10H22N4O. The highest BCUT2D eigenvalue weighted by atomic mass is 16.5. The molecule has 0 radical (unpaired) electrons. The Morgan fingerprint density at radius 3 is 2.67 bits per heavy atom. The largest absolute Gasteiger partial charge is 0.383 e. The molecule has 5 heteroatoms. The monoisotopic (exact) mass is 214 g/mol. The van der Waals surface area contributed by atoms with Crippen LogP contribution in [-0.4, -0.2) is 31.8 Å². The number of ether oxygens (including phenoxy) is 1. The van der Waals surface area contributed by atoms with Crippen molar-refractivity contribution in [2.45, 2.75) is 39.3 Å². The van der Waals surface area contributed by atoms with Crippen molar-refractivity contribution in [3.63, 3.8) is 0 Å². The van der Waals surface area contributed by atoms with Crippen LogP contribution in [0.4, 0.5) is 0 Å². The van der Waals surface area contributed by atoms with Crippen molar-refractivity contribution in [1.29, 1.82) is 0 Å². The Hall–Kier alpha value is -0.810. The van der Waals surface area contributed by atoms with Crippen molar-refractivity contribution in [3.05, 3.63) is 0 Å². The summed E-state index contributed by atoms with van der Waals surface area (Å²) in [6.45, 7) is 7.06. The van der Waals surface area contributed by atoms with E-state index in [0.717, 1.165) is 6.42 Å². The number of guanidine groups is 1. The van der Waals surface area contributed by atoms with Crippen LogP contribution in [0.2, 0.25) is 0 Å². The smallest absolute Gasteiger partial charge is 0.206 e. The molecule has 2 unspecified atom stereocenters. The van der Waals surface area contributed by atoms with Gasteiger partial charge in [-0.2, -0.15) is 0 Å². The van der Waals surface area contributed by atoms with E-state index in [4.69, 9.17) is 10.6 Å². The number of aliphatic imine (C=N–C) groups is 1. The molecule has 0 aromatic rings. The molecule has 1 fully saturated rings. The lowest BCUT2D eigenvalue weighted by molar-refractivity contribution is 0.179. The van der Waals surface area contributed by atoms with Crippen LogP contribution in [0.5, 0.6) is 0 Å². The first kappa shape index (κ1) is 12.3. The zero-order chi connectivity index (χ0) is 11.5. The Bertz CT molecular complexity index is 240. The fraction of sp³-hybridized carbons (Fsp3) is 0.900. The van der Waals surface area contributed by atoms with Crippen molar-refractivity contribution in [1.82, 2.24) is 10.7 Å². The van der Waals surface area contributed by atoms with Crippen LogP contribution in [0.1, 0.15) is 27.2 Å². The van der Waals surface area contributed by atoms with E-state index in [1.165, 1.54) is 0 Å². The second kappa shape index (κ2) is 4.81. The molecule has 88 valence electrons. The van der Waals surface area contributed by atoms with Crippen LogP contribution >= 0.6 is 0 Å². The standard InChI is InChI=1S/C10H22N4O/c1-7(6-15-4)12-9(14-11)13-8-5-10(8,2)3/h7-8H,5-6,11H2,1-4H3,(H2,12,13,14). The Morgan fingerprint density at radius 2 is 2.27 bits per heavy atom. The van der Waals surface area contributed by atoms with Gasteiger partial charge in [-0.25, -0.2) is 10.8 Å². The summed E-state index contributed by atoms with van der Waals surface area (Å²) in [6, 6.07) is 0.581. The summed E-state index contributed by atoms with van der Waals surface area (Å²) < 4.78 is 5.02. The summed E-state index contributed by atoms with van der Waals surface area (Å²) in [6.07, 6.45) is 1.12. The van der Waals surface area contributed by atoms with Gasteiger partial charge in [0.25, 0.3) is 0 Å². The summed E-state index contributed by atoms with van der Waals surface area (Å²) in [4.78, 5) is 4.50. The lowest BCUT2D eigenvalue weighted by Gasteiger charge is -2.15. The molecule has 0 aromatic carbocycles. The molecule has 5 nitrogen and oxygen atoms in total. The molecule has 0 amide bonds. The minimum atomic E-state index is 0.201. The topological polar surface area (TPSA) is 71.7 Å². The van der Waals surface area contributed by atoms with E-state index in [1.54, 1.807) is 7.11 Å². The normalized spacial score (nSPS) is 25.9. The molecule has 1 aliphatic rings. The third-order valence-corrected chi connectivity index (χ3v) is 2.68. The molecule has 0 aromatic heterocycles. The number of rotatable bonds is 4. The average molecular weight is 214 g/mol. The van der Waals surface area contributed by atoms with Crippen LogP contribution < -0.4 is 16.6 Å². The molecule has 0 bridgehead atoms. The second-order valence-electron chi connectivity index (χ2n) is 4.83. The molecule has 1 aliphatic carbocycles. The van der Waals surface area contributed by atoms with Crippen LogP contribution in [0.15, 0.2) is 4.99 Å². The van der Waals surface area contributed by atoms with Crippen molar-refractivity contribution >= 4 is 5.96 Å². The Kier molecular flexibility index (Phi) is 3.93. The van der Waals surface area contributed by atoms with E-state index in [2.05, 4.69) is 29.6 Å². The maximum Gasteiger partial charge on any atom is 0.206 e. The van der Waals surface area contributed by atoms with Crippen molar-refractivity contribution < 1.29 is 4.74 Å². The van der Waals surface area contributed by atoms with Gasteiger partial charge in [0, 0.05) is 13.2 Å². The highest BCUT2D eigenvalue weighted by molar-refractivity contribution is 5.79. The van der Waals surface area contributed by atoms with E-state index in [-0.39, 0.29) is 6.04 Å². The van der Waals surface area contributed by atoms with Crippen molar-refractivity contribution in [2.24, 2.45) is 16.3 Å². The summed E-state index contributed by atoms with van der Waals surface area (Å²) >= 11 is 0. The van der Waals surface area contributed by atoms with Crippen molar-refractivity contribution in [3.8, 4) is 0 Å². The molecule has 0 saturated heterocycles. The van der Waals surface area contributed by atoms with Crippen molar-refractivity contribution in [2.75, 3.05) is 13.7 Å². The summed E-state index contributed by atoms with van der Waals surface area (Å²) in [5, 5.41) is 3.17. The van der Waals surface area contributed by atoms with E-state index in [9.17, 15) is 0 Å². The van der Waals surface area contributed by atoms with Gasteiger partial charge in [-0.15, -0.1) is 0 Å². The van der Waals surface area contributed by atoms with Gasteiger partial charge in [-0.1, -0.05) is 13.8 Å². The molecule has 0 heterocycles. The van der Waals surface area contributed by atoms with Gasteiger partial charge >= 0.3 is 0 Å². The van der Waals surface area contributed by atoms with Gasteiger partial charge in [-0.05, 0) is 18.8 Å². The molecule has 4 N–H and O–H groups in total. The van der Waals surface area contributed by atoms with E-state index < -0.39 is 0 Å². The van der Waals surface area contributed by atoms with E-state index in [1.807, 2.05) is 6.92 Å². The minimum Gasteiger partial charge on any atom is -0.383 e. The summed E-state index contributed by atoms with van der Waals surface area (Å²) in [5.41, 5.74) is 2.91. The highest BCUT2D eigenvalue weighted by Gasteiger charge is 2.46. The Morgan fingerprint density at radius 1 is 1.67 bits per heavy atom. The highest BCUT2D eigenvalue weighted by Crippen LogP contribution is 2.47. The number of nitrogens with two attached hydrogens (primary N) is 1. The zero-order valence-electron chi connectivity index (χ0n) is 10.0. The summed E-state index contributed by atoms with van der Waals surface area (Å²) in [5.74, 6) is 6.05. The number of hydrazine groups is 1. The maximum absolute atomic E-state index is 5.40. The first-order chi connectivity index (χ1) is 6.99. The Labute approximate surface area is 91.4 Å². The van der Waals surface area contributed by atoms with E-state index in [0.29, 0.717) is 24.0 Å². The van der Waals surface area contributed by atoms with Crippen LogP contribution in [0, 0.1) is 5.41 Å². The fourth-order valence-corrected chi connectivity index (χ4v) is 1.46. The first-order valence-electron chi connectivity index (χ1n) is 5.29. The quantitative estimate of drug-likeness (QED) is 0.271. The number of nitrogens with zero attached hydrogens (tertiary/aromatic N) is 1. The van der Waals surface area contributed by atoms with Crippen LogP contribution in [-0.2, 0) is 4.74 Å². The van der Waals surface area contributed by atoms with Gasteiger partial charge in [0.15, 0.2) is 0 Å². The Balaban J connectivity index is 2.42. The average Bonchev–Trinajstić information content (AvgIpc) is 2.73. The van der Waals surface area contributed by atoms with Crippen LogP contribution in [0.25, 0.3) is 0 Å². The lowest BCUT2D eigenvalue weighted by Crippen LogP contribution is -2.47. The predicted octanol–water partition coefficient (Wildman–Crippen LogP) is 0.229. The first-order valence-corrected chi connectivity index (χ1v) is 5.29. The second-order valence-corrected chi connectivity index (χ2v) is 4.83. The fourth-order valence-electron chi connectivity index (χ4n) is 1.46. The van der Waals surface area contributed by atoms with Gasteiger partial charge in [0.2, 0.25) is 5.96 Å². The molecule has 0 spiro atoms. The summed E-state index contributed by atoms with van der Waals surface area (Å²) in [7, 11) is 1.68. The zero-order valence-corrected chi connectivity index (χ0v) is 10.0. The van der Waals surface area contributed by atoms with Crippen LogP contribution in [0.3, 0.4) is 0 Å². The third-order valence-electron chi connectivity index (χ3n) is 2.68. The predicted molar refractivity (Wildman–Crippen MR) is 61.4 cm³/mol. The number of methoxy groups -OCH3 is 1. The lowest BCUT2D eigenvalue weighted by atomic mass is 10.2. The molecule has 1 saturated carbocycles. The van der Waals surface area contributed by atoms with Gasteiger partial charge in [-0.3, -0.25) is 5.43 Å². The molecular weight excluding hydrogens is 192 g/mol. The molecule has 15 heavy (non-hydrogen) atoms. The van der Waals surface area contributed by atoms with Gasteiger partial charge in [0.1, 0.15) is 0 Å². The third kappa shape index (κ3) is 3.68. The molecule has 0 aliphatic heterocycles. The van der Waals surface area contributed by atoms with E-state index >= 15 is 0 Å². The SMILES string of the molecule is COCC(C)NC(=NC1CC1(C)C)NN. The molecule has 1 rings (SSSR count). The minimum absolute atomic E-state index is 0.201. The number of hydrogen-bond donors (Lipinski definition) is 3. The van der Waals surface area contributed by atoms with Gasteiger partial charge < -0.3 is 10.1 Å². The number of nitrogens with one attached hydrogen (secondary N) is 2. The molecule has 2 atom stereocenters. The maximum atomic E-state index is 5.40.